The van der Waals surface area contributed by atoms with Crippen LogP contribution in [0, 0.1) is 12.7 Å². The molecular weight excluding hydrogens is 401 g/mol. The maximum atomic E-state index is 13.4. The molecule has 3 heterocycles. The molecule has 0 saturated heterocycles. The molecular formula is C23H16FN3O2S. The van der Waals surface area contributed by atoms with Crippen molar-refractivity contribution in [1.82, 2.24) is 14.5 Å². The minimum Gasteiger partial charge on any atom is -0.444 e. The second kappa shape index (κ2) is 7.35. The van der Waals surface area contributed by atoms with Gasteiger partial charge in [-0.3, -0.25) is 9.36 Å². The lowest BCUT2D eigenvalue weighted by atomic mass is 10.1. The average Bonchev–Trinajstić information content (AvgIpc) is 3.36. The number of aryl methyl sites for hydroxylation is 1. The second-order valence-electron chi connectivity index (χ2n) is 6.93. The highest BCUT2D eigenvalue weighted by atomic mass is 32.1. The van der Waals surface area contributed by atoms with Gasteiger partial charge in [0.2, 0.25) is 5.89 Å². The normalized spacial score (nSPS) is 11.3. The Morgan fingerprint density at radius 2 is 1.90 bits per heavy atom. The Bertz CT molecular complexity index is 1420. The lowest BCUT2D eigenvalue weighted by Crippen LogP contribution is -2.21. The lowest BCUT2D eigenvalue weighted by molar-refractivity contribution is 0.569. The monoisotopic (exact) mass is 417 g/mol. The van der Waals surface area contributed by atoms with Crippen molar-refractivity contribution in [2.75, 3.05) is 0 Å². The van der Waals surface area contributed by atoms with E-state index in [2.05, 4.69) is 9.97 Å². The highest BCUT2D eigenvalue weighted by molar-refractivity contribution is 7.22. The summed E-state index contributed by atoms with van der Waals surface area (Å²) in [4.78, 5) is 23.8. The van der Waals surface area contributed by atoms with Gasteiger partial charge in [-0.05, 0) is 36.2 Å². The van der Waals surface area contributed by atoms with Crippen molar-refractivity contribution < 1.29 is 8.81 Å². The van der Waals surface area contributed by atoms with Crippen molar-refractivity contribution in [3.63, 3.8) is 0 Å². The Labute approximate surface area is 175 Å². The van der Waals surface area contributed by atoms with E-state index < -0.39 is 0 Å². The zero-order valence-electron chi connectivity index (χ0n) is 16.0. The van der Waals surface area contributed by atoms with Gasteiger partial charge in [0.15, 0.2) is 0 Å². The molecule has 2 aromatic carbocycles. The van der Waals surface area contributed by atoms with E-state index in [1.807, 2.05) is 37.3 Å². The smallest absolute Gasteiger partial charge is 0.262 e. The van der Waals surface area contributed by atoms with E-state index in [0.29, 0.717) is 27.4 Å². The molecule has 0 aliphatic rings. The van der Waals surface area contributed by atoms with Crippen LogP contribution in [0.4, 0.5) is 4.39 Å². The second-order valence-corrected chi connectivity index (χ2v) is 7.93. The number of nitrogens with zero attached hydrogens (tertiary/aromatic N) is 3. The lowest BCUT2D eigenvalue weighted by Gasteiger charge is -2.03. The molecule has 0 amide bonds. The van der Waals surface area contributed by atoms with Gasteiger partial charge in [0, 0.05) is 10.4 Å². The van der Waals surface area contributed by atoms with E-state index in [1.165, 1.54) is 40.6 Å². The highest BCUT2D eigenvalue weighted by Crippen LogP contribution is 2.35. The largest absolute Gasteiger partial charge is 0.444 e. The first-order chi connectivity index (χ1) is 14.6. The van der Waals surface area contributed by atoms with Gasteiger partial charge in [0.1, 0.15) is 16.9 Å². The Morgan fingerprint density at radius 3 is 2.70 bits per heavy atom. The van der Waals surface area contributed by atoms with Gasteiger partial charge in [0.05, 0.1) is 24.0 Å². The summed E-state index contributed by atoms with van der Waals surface area (Å²) in [5, 5.41) is 0.621. The number of halogens is 1. The van der Waals surface area contributed by atoms with Crippen LogP contribution in [-0.2, 0) is 6.54 Å². The number of fused-ring (bicyclic) bond motifs is 1. The van der Waals surface area contributed by atoms with E-state index in [-0.39, 0.29) is 17.9 Å². The molecule has 0 saturated carbocycles. The van der Waals surface area contributed by atoms with Crippen molar-refractivity contribution in [3.8, 4) is 21.9 Å². The number of hydrogen-bond donors (Lipinski definition) is 0. The van der Waals surface area contributed by atoms with Crippen molar-refractivity contribution >= 4 is 21.6 Å². The van der Waals surface area contributed by atoms with Gasteiger partial charge in [-0.1, -0.05) is 36.4 Å². The number of benzene rings is 2. The fourth-order valence-electron chi connectivity index (χ4n) is 3.44. The summed E-state index contributed by atoms with van der Waals surface area (Å²) in [5.74, 6) is -0.0510. The summed E-state index contributed by atoms with van der Waals surface area (Å²) in [6.07, 6.45) is 3.01. The number of hydrogen-bond acceptors (Lipinski definition) is 5. The Morgan fingerprint density at radius 1 is 1.10 bits per heavy atom. The first-order valence-electron chi connectivity index (χ1n) is 9.34. The number of aromatic nitrogens is 3. The number of rotatable bonds is 4. The van der Waals surface area contributed by atoms with Gasteiger partial charge in [-0.25, -0.2) is 14.4 Å². The first kappa shape index (κ1) is 18.4. The van der Waals surface area contributed by atoms with Crippen molar-refractivity contribution in [3.05, 3.63) is 94.6 Å². The summed E-state index contributed by atoms with van der Waals surface area (Å²) in [6, 6.07) is 16.0. The van der Waals surface area contributed by atoms with Gasteiger partial charge < -0.3 is 4.42 Å². The molecule has 5 aromatic rings. The Hall–Kier alpha value is -3.58. The van der Waals surface area contributed by atoms with Crippen LogP contribution in [0.25, 0.3) is 32.1 Å². The topological polar surface area (TPSA) is 60.9 Å². The van der Waals surface area contributed by atoms with Crippen LogP contribution in [0.15, 0.2) is 76.4 Å². The predicted octanol–water partition coefficient (Wildman–Crippen LogP) is 5.28. The van der Waals surface area contributed by atoms with Crippen LogP contribution in [0.3, 0.4) is 0 Å². The van der Waals surface area contributed by atoms with Crippen molar-refractivity contribution in [2.45, 2.75) is 13.5 Å². The third-order valence-corrected chi connectivity index (χ3v) is 6.16. The number of thiophene rings is 1. The van der Waals surface area contributed by atoms with Crippen LogP contribution in [0.1, 0.15) is 11.3 Å². The molecule has 5 nitrogen and oxygen atoms in total. The van der Waals surface area contributed by atoms with Crippen LogP contribution in [-0.4, -0.2) is 14.5 Å². The van der Waals surface area contributed by atoms with Gasteiger partial charge in [-0.2, -0.15) is 0 Å². The minimum atomic E-state index is -0.361. The van der Waals surface area contributed by atoms with E-state index in [9.17, 15) is 9.18 Å². The van der Waals surface area contributed by atoms with Crippen molar-refractivity contribution in [2.24, 2.45) is 0 Å². The first-order valence-corrected chi connectivity index (χ1v) is 10.2. The minimum absolute atomic E-state index is 0.119. The van der Waals surface area contributed by atoms with Gasteiger partial charge in [-0.15, -0.1) is 11.3 Å². The third kappa shape index (κ3) is 3.23. The van der Waals surface area contributed by atoms with Crippen LogP contribution >= 0.6 is 11.3 Å². The SMILES string of the molecule is Cc1c(-c2ccccc2)sc2ncn(Cc3coc(-c4cccc(F)c4)n3)c(=O)c12. The molecule has 0 bridgehead atoms. The molecule has 0 atom stereocenters. The predicted molar refractivity (Wildman–Crippen MR) is 115 cm³/mol. The van der Waals surface area contributed by atoms with Gasteiger partial charge in [0.25, 0.3) is 5.56 Å². The highest BCUT2D eigenvalue weighted by Gasteiger charge is 2.16. The fraction of sp³-hybridized carbons (Fsp3) is 0.0870. The molecule has 0 aliphatic heterocycles. The van der Waals surface area contributed by atoms with Crippen molar-refractivity contribution in [1.29, 1.82) is 0 Å². The van der Waals surface area contributed by atoms with Crippen LogP contribution in [0.2, 0.25) is 0 Å². The molecule has 0 aliphatic carbocycles. The summed E-state index contributed by atoms with van der Waals surface area (Å²) in [5.41, 5.74) is 2.98. The molecule has 0 spiro atoms. The van der Waals surface area contributed by atoms with E-state index in [4.69, 9.17) is 4.42 Å². The summed E-state index contributed by atoms with van der Waals surface area (Å²) >= 11 is 1.51. The molecule has 0 unspecified atom stereocenters. The molecule has 7 heteroatoms. The summed E-state index contributed by atoms with van der Waals surface area (Å²) < 4.78 is 20.4. The maximum Gasteiger partial charge on any atom is 0.262 e. The van der Waals surface area contributed by atoms with E-state index >= 15 is 0 Å². The zero-order valence-corrected chi connectivity index (χ0v) is 16.8. The molecule has 0 N–H and O–H groups in total. The Kier molecular flexibility index (Phi) is 4.52. The van der Waals surface area contributed by atoms with Crippen LogP contribution in [0.5, 0.6) is 0 Å². The molecule has 30 heavy (non-hydrogen) atoms. The zero-order chi connectivity index (χ0) is 20.7. The standard InChI is InChI=1S/C23H16FN3O2S/c1-14-19-22(30-20(14)15-6-3-2-4-7-15)25-13-27(23(19)28)11-18-12-29-21(26-18)16-8-5-9-17(24)10-16/h2-10,12-13H,11H2,1H3. The van der Waals surface area contributed by atoms with Crippen LogP contribution < -0.4 is 5.56 Å². The maximum absolute atomic E-state index is 13.4. The molecule has 3 aromatic heterocycles. The fourth-order valence-corrected chi connectivity index (χ4v) is 4.59. The average molecular weight is 417 g/mol. The Balaban J connectivity index is 1.51. The molecule has 5 rings (SSSR count). The summed E-state index contributed by atoms with van der Waals surface area (Å²) in [7, 11) is 0. The summed E-state index contributed by atoms with van der Waals surface area (Å²) in [6.45, 7) is 2.17. The van der Waals surface area contributed by atoms with E-state index in [1.54, 1.807) is 12.1 Å². The van der Waals surface area contributed by atoms with Gasteiger partial charge >= 0.3 is 0 Å². The molecule has 148 valence electrons. The quantitative estimate of drug-likeness (QED) is 0.399. The van der Waals surface area contributed by atoms with E-state index in [0.717, 1.165) is 16.0 Å². The molecule has 0 fully saturated rings. The third-order valence-electron chi connectivity index (χ3n) is 4.91. The number of oxazole rings is 1. The molecule has 0 radical (unpaired) electrons.